The number of aromatic hydroxyl groups is 2. The van der Waals surface area contributed by atoms with Crippen LogP contribution in [0.25, 0.3) is 0 Å². The monoisotopic (exact) mass is 552 g/mol. The Bertz CT molecular complexity index is 1120. The van der Waals surface area contributed by atoms with Crippen LogP contribution in [0.5, 0.6) is 11.5 Å². The van der Waals surface area contributed by atoms with Gasteiger partial charge in [-0.15, -0.1) is 11.8 Å². The number of fused-ring (bicyclic) bond motifs is 1. The molecule has 38 heavy (non-hydrogen) atoms. The number of cyclic esters (lactones) is 1. The van der Waals surface area contributed by atoms with E-state index in [0.29, 0.717) is 0 Å². The summed E-state index contributed by atoms with van der Waals surface area (Å²) >= 11 is 1.05. The van der Waals surface area contributed by atoms with Gasteiger partial charge in [0.05, 0.1) is 17.0 Å². The Morgan fingerprint density at radius 2 is 1.71 bits per heavy atom. The maximum absolute atomic E-state index is 13.2. The molecule has 2 rings (SSSR count). The predicted octanol–water partition coefficient (Wildman–Crippen LogP) is 2.61. The van der Waals surface area contributed by atoms with E-state index >= 15 is 0 Å². The molecular formula is C26H36N2O9S. The van der Waals surface area contributed by atoms with Crippen molar-refractivity contribution in [2.45, 2.75) is 71.1 Å². The summed E-state index contributed by atoms with van der Waals surface area (Å²) in [4.78, 5) is 51.3. The van der Waals surface area contributed by atoms with Gasteiger partial charge in [-0.05, 0) is 48.5 Å². The molecule has 0 saturated carbocycles. The number of carbonyl (C=O) groups is 4. The Labute approximate surface area is 226 Å². The first kappa shape index (κ1) is 31.0. The van der Waals surface area contributed by atoms with Gasteiger partial charge in [0.25, 0.3) is 0 Å². The maximum Gasteiger partial charge on any atom is 0.339 e. The lowest BCUT2D eigenvalue weighted by atomic mass is 9.99. The van der Waals surface area contributed by atoms with Crippen molar-refractivity contribution < 1.29 is 43.6 Å². The molecule has 0 aromatic heterocycles. The number of thioether (sulfide) groups is 1. The van der Waals surface area contributed by atoms with Crippen LogP contribution in [0, 0.1) is 12.8 Å². The molecule has 210 valence electrons. The summed E-state index contributed by atoms with van der Waals surface area (Å²) in [7, 11) is 0. The quantitative estimate of drug-likeness (QED) is 0.188. The van der Waals surface area contributed by atoms with Gasteiger partial charge in [0.15, 0.2) is 5.92 Å². The van der Waals surface area contributed by atoms with Crippen molar-refractivity contribution in [1.82, 2.24) is 5.32 Å². The van der Waals surface area contributed by atoms with Crippen LogP contribution in [-0.4, -0.2) is 63.6 Å². The number of rotatable bonds is 3. The average Bonchev–Trinajstić information content (AvgIpc) is 2.74. The molecule has 1 aromatic rings. The molecule has 1 unspecified atom stereocenters. The molecule has 0 radical (unpaired) electrons. The molecule has 0 bridgehead atoms. The summed E-state index contributed by atoms with van der Waals surface area (Å²) in [6.07, 6.45) is 2.56. The molecule has 0 fully saturated rings. The van der Waals surface area contributed by atoms with Crippen molar-refractivity contribution in [3.8, 4) is 11.5 Å². The van der Waals surface area contributed by atoms with Gasteiger partial charge in [0.2, 0.25) is 5.91 Å². The second-order valence-corrected chi connectivity index (χ2v) is 11.9. The van der Waals surface area contributed by atoms with E-state index < -0.39 is 64.7 Å². The number of benzene rings is 1. The molecular weight excluding hydrogens is 516 g/mol. The Kier molecular flexibility index (Phi) is 9.84. The van der Waals surface area contributed by atoms with Crippen LogP contribution in [0.1, 0.15) is 68.4 Å². The molecule has 1 heterocycles. The van der Waals surface area contributed by atoms with Crippen molar-refractivity contribution >= 4 is 35.6 Å². The number of hydrogen-bond donors (Lipinski definition) is 4. The summed E-state index contributed by atoms with van der Waals surface area (Å²) in [6, 6.07) is 0.258. The SMILES string of the molecule is Cc1c(O)cc(O)c2c1C(=O)OC[C@H](C(=O)OC(C)(C)C)C(=O)N[C@@H](/C=C/C(=O)OC(C)(C)C)CSC2N. The van der Waals surface area contributed by atoms with Crippen LogP contribution in [-0.2, 0) is 28.6 Å². The number of nitrogens with one attached hydrogen (secondary N) is 1. The highest BCUT2D eigenvalue weighted by atomic mass is 32.2. The number of phenolic OH excluding ortho intramolecular Hbond substituents is 2. The molecule has 1 aliphatic rings. The van der Waals surface area contributed by atoms with Gasteiger partial charge in [-0.3, -0.25) is 9.59 Å². The highest BCUT2D eigenvalue weighted by Gasteiger charge is 2.36. The third-order valence-electron chi connectivity index (χ3n) is 5.11. The molecule has 0 saturated heterocycles. The first-order valence-corrected chi connectivity index (χ1v) is 13.0. The van der Waals surface area contributed by atoms with Crippen molar-refractivity contribution in [1.29, 1.82) is 0 Å². The third kappa shape index (κ3) is 8.66. The first-order chi connectivity index (χ1) is 17.4. The average molecular weight is 553 g/mol. The van der Waals surface area contributed by atoms with E-state index in [1.54, 1.807) is 41.5 Å². The summed E-state index contributed by atoms with van der Waals surface area (Å²) in [5, 5.41) is 22.4. The fourth-order valence-electron chi connectivity index (χ4n) is 3.43. The van der Waals surface area contributed by atoms with E-state index in [9.17, 15) is 29.4 Å². The Morgan fingerprint density at radius 1 is 1.11 bits per heavy atom. The molecule has 1 aliphatic heterocycles. The highest BCUT2D eigenvalue weighted by molar-refractivity contribution is 7.99. The van der Waals surface area contributed by atoms with Crippen LogP contribution >= 0.6 is 11.8 Å². The van der Waals surface area contributed by atoms with Crippen LogP contribution in [0.15, 0.2) is 18.2 Å². The molecule has 0 aliphatic carbocycles. The van der Waals surface area contributed by atoms with E-state index in [4.69, 9.17) is 19.9 Å². The van der Waals surface area contributed by atoms with Gasteiger partial charge in [-0.1, -0.05) is 6.08 Å². The second kappa shape index (κ2) is 12.1. The lowest BCUT2D eigenvalue weighted by Gasteiger charge is -2.27. The number of phenols is 2. The van der Waals surface area contributed by atoms with Gasteiger partial charge < -0.3 is 35.5 Å². The zero-order valence-electron chi connectivity index (χ0n) is 22.6. The lowest BCUT2D eigenvalue weighted by Crippen LogP contribution is -2.46. The third-order valence-corrected chi connectivity index (χ3v) is 6.26. The van der Waals surface area contributed by atoms with Crippen LogP contribution < -0.4 is 11.1 Å². The number of nitrogens with two attached hydrogens (primary N) is 1. The molecule has 1 aromatic carbocycles. The summed E-state index contributed by atoms with van der Waals surface area (Å²) in [6.45, 7) is 10.8. The lowest BCUT2D eigenvalue weighted by molar-refractivity contribution is -0.164. The van der Waals surface area contributed by atoms with E-state index in [1.165, 1.54) is 13.0 Å². The highest BCUT2D eigenvalue weighted by Crippen LogP contribution is 2.39. The zero-order valence-corrected chi connectivity index (χ0v) is 23.4. The van der Waals surface area contributed by atoms with E-state index in [-0.39, 0.29) is 28.2 Å². The minimum Gasteiger partial charge on any atom is -0.508 e. The summed E-state index contributed by atoms with van der Waals surface area (Å²) in [5.41, 5.74) is 4.60. The maximum atomic E-state index is 13.2. The van der Waals surface area contributed by atoms with Gasteiger partial charge in [-0.25, -0.2) is 9.59 Å². The summed E-state index contributed by atoms with van der Waals surface area (Å²) < 4.78 is 15.9. The van der Waals surface area contributed by atoms with Gasteiger partial charge in [0, 0.05) is 29.0 Å². The first-order valence-electron chi connectivity index (χ1n) is 11.9. The van der Waals surface area contributed by atoms with Crippen LogP contribution in [0.4, 0.5) is 0 Å². The van der Waals surface area contributed by atoms with Crippen molar-refractivity contribution in [2.75, 3.05) is 12.4 Å². The van der Waals surface area contributed by atoms with E-state index in [1.807, 2.05) is 0 Å². The van der Waals surface area contributed by atoms with Crippen molar-refractivity contribution in [2.24, 2.45) is 11.7 Å². The Morgan fingerprint density at radius 3 is 2.29 bits per heavy atom. The number of amides is 1. The molecule has 12 heteroatoms. The van der Waals surface area contributed by atoms with Gasteiger partial charge in [0.1, 0.15) is 29.3 Å². The Hall–Kier alpha value is -3.25. The van der Waals surface area contributed by atoms with Gasteiger partial charge >= 0.3 is 17.9 Å². The molecule has 0 spiro atoms. The second-order valence-electron chi connectivity index (χ2n) is 10.8. The number of esters is 3. The fraction of sp³-hybridized carbons (Fsp3) is 0.538. The number of ether oxygens (including phenoxy) is 3. The van der Waals surface area contributed by atoms with E-state index in [2.05, 4.69) is 5.32 Å². The molecule has 5 N–H and O–H groups in total. The molecule has 11 nitrogen and oxygen atoms in total. The standard InChI is InChI=1S/C26H36N2O9S/c1-13-16(29)10-17(30)20-19(13)24(34)35-11-15(23(33)37-26(5,6)7)22(32)28-14(12-38-21(20)27)8-9-18(31)36-25(2,3)4/h8-10,14-15,21,29-30H,11-12,27H2,1-7H3,(H,28,32)/b9-8+/t14-,15-,21?/m0/s1. The smallest absolute Gasteiger partial charge is 0.339 e. The fourth-order valence-corrected chi connectivity index (χ4v) is 4.44. The topological polar surface area (TPSA) is 174 Å². The minimum atomic E-state index is -1.54. The number of carbonyl (C=O) groups excluding carboxylic acids is 4. The van der Waals surface area contributed by atoms with Crippen molar-refractivity contribution in [3.05, 3.63) is 34.9 Å². The molecule has 1 amide bonds. The van der Waals surface area contributed by atoms with Gasteiger partial charge in [-0.2, -0.15) is 0 Å². The largest absolute Gasteiger partial charge is 0.508 e. The normalized spacial score (nSPS) is 21.4. The van der Waals surface area contributed by atoms with Crippen molar-refractivity contribution in [3.63, 3.8) is 0 Å². The molecule has 3 atom stereocenters. The zero-order chi connectivity index (χ0) is 29.0. The van der Waals surface area contributed by atoms with E-state index in [0.717, 1.165) is 23.9 Å². The van der Waals surface area contributed by atoms with Crippen LogP contribution in [0.2, 0.25) is 0 Å². The van der Waals surface area contributed by atoms with Crippen LogP contribution in [0.3, 0.4) is 0 Å². The summed E-state index contributed by atoms with van der Waals surface area (Å²) in [5.74, 6) is -5.58. The minimum absolute atomic E-state index is 0.0193. The number of hydrogen-bond acceptors (Lipinski definition) is 11. The Balaban J connectivity index is 2.52. The predicted molar refractivity (Wildman–Crippen MR) is 140 cm³/mol.